The van der Waals surface area contributed by atoms with Crippen LogP contribution in [0.15, 0.2) is 35.5 Å². The molecule has 3 heterocycles. The first-order valence-corrected chi connectivity index (χ1v) is 12.0. The molecule has 2 aromatic heterocycles. The molecule has 1 aromatic carbocycles. The van der Waals surface area contributed by atoms with Crippen LogP contribution in [0.1, 0.15) is 34.2 Å². The minimum atomic E-state index is -2.97. The Bertz CT molecular complexity index is 1170. The molecule has 4 rings (SSSR count). The molecule has 8 heteroatoms. The zero-order valence-electron chi connectivity index (χ0n) is 16.2. The molecule has 148 valence electrons. The maximum absolute atomic E-state index is 12.9. The Hall–Kier alpha value is -2.06. The predicted octanol–water partition coefficient (Wildman–Crippen LogP) is 3.33. The van der Waals surface area contributed by atoms with Crippen LogP contribution in [0.4, 0.5) is 0 Å². The van der Waals surface area contributed by atoms with Crippen molar-refractivity contribution in [2.75, 3.05) is 17.3 Å². The molecular formula is C20H23N3O3S2. The summed E-state index contributed by atoms with van der Waals surface area (Å²) in [7, 11) is -1.02. The van der Waals surface area contributed by atoms with Crippen LogP contribution < -0.4 is 0 Å². The Morgan fingerprint density at radius 1 is 1.29 bits per heavy atom. The van der Waals surface area contributed by atoms with E-state index in [-0.39, 0.29) is 23.3 Å². The number of imidazole rings is 1. The van der Waals surface area contributed by atoms with Crippen LogP contribution in [0.25, 0.3) is 11.0 Å². The highest BCUT2D eigenvalue weighted by Gasteiger charge is 2.31. The molecular weight excluding hydrogens is 394 g/mol. The molecule has 0 spiro atoms. The molecule has 0 radical (unpaired) electrons. The number of carbonyl (C=O) groups is 1. The molecule has 0 N–H and O–H groups in total. The van der Waals surface area contributed by atoms with Crippen LogP contribution in [0.3, 0.4) is 0 Å². The third-order valence-corrected chi connectivity index (χ3v) is 8.22. The van der Waals surface area contributed by atoms with Crippen molar-refractivity contribution in [2.24, 2.45) is 7.05 Å². The van der Waals surface area contributed by atoms with E-state index < -0.39 is 9.84 Å². The van der Waals surface area contributed by atoms with Crippen molar-refractivity contribution in [1.29, 1.82) is 0 Å². The summed E-state index contributed by atoms with van der Waals surface area (Å²) in [6, 6.07) is 9.72. The van der Waals surface area contributed by atoms with Crippen molar-refractivity contribution in [3.05, 3.63) is 47.3 Å². The summed E-state index contributed by atoms with van der Waals surface area (Å²) < 4.78 is 27.7. The average Bonchev–Trinajstić information content (AvgIpc) is 3.27. The third-order valence-electron chi connectivity index (χ3n) is 5.44. The number of nitrogens with zero attached hydrogens (tertiary/aromatic N) is 3. The highest BCUT2D eigenvalue weighted by Crippen LogP contribution is 2.30. The second-order valence-corrected chi connectivity index (χ2v) is 10.5. The standard InChI is InChI=1S/C20H23N3O3S2/c1-13-10-16(14(2)23(13)15-8-9-28(25,26)12-15)19(24)11-27-20-21-17-6-4-5-7-18(17)22(20)3/h4-7,10,15H,8-9,11-12H2,1-3H3. The molecule has 1 atom stereocenters. The number of sulfone groups is 1. The van der Waals surface area contributed by atoms with Crippen molar-refractivity contribution < 1.29 is 13.2 Å². The van der Waals surface area contributed by atoms with Gasteiger partial charge in [-0.05, 0) is 38.5 Å². The highest BCUT2D eigenvalue weighted by molar-refractivity contribution is 7.99. The van der Waals surface area contributed by atoms with Gasteiger partial charge in [0.1, 0.15) is 0 Å². The van der Waals surface area contributed by atoms with Gasteiger partial charge in [-0.1, -0.05) is 23.9 Å². The van der Waals surface area contributed by atoms with E-state index in [0.29, 0.717) is 17.7 Å². The Balaban J connectivity index is 1.54. The van der Waals surface area contributed by atoms with Gasteiger partial charge in [0, 0.05) is 30.0 Å². The van der Waals surface area contributed by atoms with Crippen molar-refractivity contribution in [2.45, 2.75) is 31.5 Å². The smallest absolute Gasteiger partial charge is 0.175 e. The van der Waals surface area contributed by atoms with Gasteiger partial charge < -0.3 is 9.13 Å². The molecule has 0 bridgehead atoms. The van der Waals surface area contributed by atoms with Crippen LogP contribution in [-0.4, -0.2) is 45.6 Å². The topological polar surface area (TPSA) is 74.0 Å². The maximum Gasteiger partial charge on any atom is 0.175 e. The predicted molar refractivity (Wildman–Crippen MR) is 112 cm³/mol. The average molecular weight is 418 g/mol. The van der Waals surface area contributed by atoms with Gasteiger partial charge in [0.25, 0.3) is 0 Å². The van der Waals surface area contributed by atoms with Gasteiger partial charge in [-0.25, -0.2) is 13.4 Å². The fourth-order valence-corrected chi connectivity index (χ4v) is 6.63. The Labute approximate surface area is 168 Å². The number of thioether (sulfide) groups is 1. The molecule has 1 aliphatic rings. The van der Waals surface area contributed by atoms with Gasteiger partial charge in [0.15, 0.2) is 20.8 Å². The molecule has 1 aliphatic heterocycles. The molecule has 1 fully saturated rings. The summed E-state index contributed by atoms with van der Waals surface area (Å²) in [5.41, 5.74) is 4.43. The quantitative estimate of drug-likeness (QED) is 0.470. The molecule has 0 aliphatic carbocycles. The van der Waals surface area contributed by atoms with Crippen molar-refractivity contribution >= 4 is 38.4 Å². The number of ketones is 1. The normalized spacial score (nSPS) is 18.8. The second-order valence-electron chi connectivity index (χ2n) is 7.37. The number of carbonyl (C=O) groups excluding carboxylic acids is 1. The summed E-state index contributed by atoms with van der Waals surface area (Å²) in [5.74, 6) is 0.716. The van der Waals surface area contributed by atoms with Crippen LogP contribution in [0.5, 0.6) is 0 Å². The Kier molecular flexibility index (Phi) is 4.87. The van der Waals surface area contributed by atoms with Crippen molar-refractivity contribution in [3.63, 3.8) is 0 Å². The first-order valence-electron chi connectivity index (χ1n) is 9.23. The Morgan fingerprint density at radius 2 is 2.04 bits per heavy atom. The van der Waals surface area contributed by atoms with E-state index in [0.717, 1.165) is 27.6 Å². The largest absolute Gasteiger partial charge is 0.344 e. The van der Waals surface area contributed by atoms with Crippen LogP contribution >= 0.6 is 11.8 Å². The lowest BCUT2D eigenvalue weighted by molar-refractivity contribution is 0.102. The fraction of sp³-hybridized carbons (Fsp3) is 0.400. The van der Waals surface area contributed by atoms with E-state index in [1.165, 1.54) is 11.8 Å². The minimum Gasteiger partial charge on any atom is -0.344 e. The molecule has 0 saturated carbocycles. The number of rotatable bonds is 5. The van der Waals surface area contributed by atoms with E-state index in [4.69, 9.17) is 0 Å². The molecule has 0 amide bonds. The zero-order valence-corrected chi connectivity index (χ0v) is 17.8. The number of para-hydroxylation sites is 2. The van der Waals surface area contributed by atoms with Crippen LogP contribution in [0, 0.1) is 13.8 Å². The van der Waals surface area contributed by atoms with Gasteiger partial charge >= 0.3 is 0 Å². The second kappa shape index (κ2) is 7.08. The summed E-state index contributed by atoms with van der Waals surface area (Å²) >= 11 is 1.43. The lowest BCUT2D eigenvalue weighted by Gasteiger charge is -2.16. The van der Waals surface area contributed by atoms with Crippen LogP contribution in [0.2, 0.25) is 0 Å². The number of aromatic nitrogens is 3. The van der Waals surface area contributed by atoms with E-state index in [9.17, 15) is 13.2 Å². The lowest BCUT2D eigenvalue weighted by atomic mass is 10.2. The van der Waals surface area contributed by atoms with Gasteiger partial charge in [-0.2, -0.15) is 0 Å². The summed E-state index contributed by atoms with van der Waals surface area (Å²) in [5, 5.41) is 0.810. The fourth-order valence-electron chi connectivity index (χ4n) is 4.06. The number of Topliss-reactive ketones (excluding diaryl/α,β-unsaturated/α-hetero) is 1. The minimum absolute atomic E-state index is 0.0391. The van der Waals surface area contributed by atoms with Crippen molar-refractivity contribution in [3.8, 4) is 0 Å². The Morgan fingerprint density at radius 3 is 2.71 bits per heavy atom. The number of hydrogen-bond donors (Lipinski definition) is 0. The van der Waals surface area contributed by atoms with Gasteiger partial charge in [-0.3, -0.25) is 4.79 Å². The SMILES string of the molecule is Cc1cc(C(=O)CSc2nc3ccccc3n2C)c(C)n1C1CCS(=O)(=O)C1. The summed E-state index contributed by atoms with van der Waals surface area (Å²) in [6.07, 6.45) is 0.612. The van der Waals surface area contributed by atoms with E-state index in [1.54, 1.807) is 0 Å². The van der Waals surface area contributed by atoms with Crippen molar-refractivity contribution in [1.82, 2.24) is 14.1 Å². The van der Waals surface area contributed by atoms with E-state index in [2.05, 4.69) is 4.98 Å². The van der Waals surface area contributed by atoms with E-state index in [1.807, 2.05) is 60.4 Å². The van der Waals surface area contributed by atoms with Gasteiger partial charge in [-0.15, -0.1) is 0 Å². The monoisotopic (exact) mass is 417 g/mol. The first-order chi connectivity index (χ1) is 13.3. The molecule has 6 nitrogen and oxygen atoms in total. The summed E-state index contributed by atoms with van der Waals surface area (Å²) in [6.45, 7) is 3.85. The third kappa shape index (κ3) is 3.39. The van der Waals surface area contributed by atoms with E-state index >= 15 is 0 Å². The number of aryl methyl sites for hydroxylation is 2. The first kappa shape index (κ1) is 19.3. The van der Waals surface area contributed by atoms with Gasteiger partial charge in [0.05, 0.1) is 28.3 Å². The van der Waals surface area contributed by atoms with Crippen LogP contribution in [-0.2, 0) is 16.9 Å². The molecule has 1 saturated heterocycles. The molecule has 28 heavy (non-hydrogen) atoms. The lowest BCUT2D eigenvalue weighted by Crippen LogP contribution is -2.14. The summed E-state index contributed by atoms with van der Waals surface area (Å²) in [4.78, 5) is 17.5. The highest BCUT2D eigenvalue weighted by atomic mass is 32.2. The van der Waals surface area contributed by atoms with Gasteiger partial charge in [0.2, 0.25) is 0 Å². The maximum atomic E-state index is 12.9. The molecule has 3 aromatic rings. The number of fused-ring (bicyclic) bond motifs is 1. The molecule has 1 unspecified atom stereocenters. The number of hydrogen-bond acceptors (Lipinski definition) is 5. The number of benzene rings is 1. The zero-order chi connectivity index (χ0) is 20.1.